The van der Waals surface area contributed by atoms with Gasteiger partial charge in [0.25, 0.3) is 10.0 Å². The van der Waals surface area contributed by atoms with Crippen molar-refractivity contribution in [3.8, 4) is 5.75 Å². The van der Waals surface area contributed by atoms with Crippen LogP contribution in [0.2, 0.25) is 0 Å². The number of aryl methyl sites for hydroxylation is 3. The molecule has 0 bridgehead atoms. The molecule has 3 aromatic carbocycles. The van der Waals surface area contributed by atoms with Gasteiger partial charge < -0.3 is 15.0 Å². The standard InChI is InChI=1S/C33H41N3O5S/c1-23-13-16-29(17-14-23)42(39,40)36(30-20-25(3)15-18-31(30)41-5)22-32(37)35(21-27-10-8-9-24(2)19-27)26(4)33(38)34-28-11-6-7-12-28/h8-10,13-20,26,28H,6-7,11-12,21-22H2,1-5H3,(H,34,38). The van der Waals surface area contributed by atoms with E-state index >= 15 is 0 Å². The van der Waals surface area contributed by atoms with Crippen LogP contribution in [0.1, 0.15) is 54.9 Å². The predicted molar refractivity (Wildman–Crippen MR) is 165 cm³/mol. The third-order valence-electron chi connectivity index (χ3n) is 7.80. The fourth-order valence-electron chi connectivity index (χ4n) is 5.33. The molecule has 2 amide bonds. The van der Waals surface area contributed by atoms with Crippen LogP contribution in [0.4, 0.5) is 5.69 Å². The molecule has 0 saturated heterocycles. The van der Waals surface area contributed by atoms with Crippen LogP contribution in [0.15, 0.2) is 71.6 Å². The van der Waals surface area contributed by atoms with Gasteiger partial charge in [-0.1, -0.05) is 66.4 Å². The number of nitrogens with one attached hydrogen (secondary N) is 1. The molecule has 1 unspecified atom stereocenters. The van der Waals surface area contributed by atoms with Crippen molar-refractivity contribution in [2.45, 2.75) is 76.9 Å². The lowest BCUT2D eigenvalue weighted by atomic mass is 10.1. The van der Waals surface area contributed by atoms with Gasteiger partial charge in [0, 0.05) is 12.6 Å². The number of ether oxygens (including phenoxy) is 1. The maximum atomic E-state index is 14.2. The molecule has 0 heterocycles. The minimum atomic E-state index is -4.19. The first-order valence-corrected chi connectivity index (χ1v) is 15.8. The largest absolute Gasteiger partial charge is 0.495 e. The van der Waals surface area contributed by atoms with Crippen LogP contribution in [0.25, 0.3) is 0 Å². The van der Waals surface area contributed by atoms with Gasteiger partial charge in [0.1, 0.15) is 18.3 Å². The van der Waals surface area contributed by atoms with Gasteiger partial charge in [-0.2, -0.15) is 0 Å². The van der Waals surface area contributed by atoms with Crippen LogP contribution in [-0.2, 0) is 26.2 Å². The summed E-state index contributed by atoms with van der Waals surface area (Å²) < 4.78 is 34.9. The van der Waals surface area contributed by atoms with Crippen molar-refractivity contribution in [3.05, 3.63) is 89.0 Å². The van der Waals surface area contributed by atoms with Crippen molar-refractivity contribution in [1.29, 1.82) is 0 Å². The zero-order chi connectivity index (χ0) is 30.4. The van der Waals surface area contributed by atoms with Gasteiger partial charge in [-0.25, -0.2) is 8.42 Å². The van der Waals surface area contributed by atoms with Gasteiger partial charge in [0.2, 0.25) is 11.8 Å². The highest BCUT2D eigenvalue weighted by molar-refractivity contribution is 7.92. The molecular formula is C33H41N3O5S. The molecule has 1 saturated carbocycles. The summed E-state index contributed by atoms with van der Waals surface area (Å²) in [6.07, 6.45) is 3.96. The lowest BCUT2D eigenvalue weighted by molar-refractivity contribution is -0.139. The van der Waals surface area contributed by atoms with Crippen LogP contribution in [0, 0.1) is 20.8 Å². The maximum absolute atomic E-state index is 14.2. The maximum Gasteiger partial charge on any atom is 0.264 e. The second-order valence-corrected chi connectivity index (χ2v) is 13.0. The molecule has 0 radical (unpaired) electrons. The van der Waals surface area contributed by atoms with Crippen LogP contribution < -0.4 is 14.4 Å². The van der Waals surface area contributed by atoms with E-state index in [2.05, 4.69) is 5.32 Å². The number of carbonyl (C=O) groups excluding carboxylic acids is 2. The smallest absolute Gasteiger partial charge is 0.264 e. The Morgan fingerprint density at radius 3 is 2.21 bits per heavy atom. The summed E-state index contributed by atoms with van der Waals surface area (Å²) in [6, 6.07) is 18.7. The Morgan fingerprint density at radius 2 is 1.57 bits per heavy atom. The van der Waals surface area contributed by atoms with Crippen molar-refractivity contribution in [1.82, 2.24) is 10.2 Å². The minimum absolute atomic E-state index is 0.0571. The number of anilines is 1. The quantitative estimate of drug-likeness (QED) is 0.327. The first kappa shape index (κ1) is 31.1. The number of methoxy groups -OCH3 is 1. The molecule has 1 aliphatic rings. The van der Waals surface area contributed by atoms with Crippen molar-refractivity contribution in [2.75, 3.05) is 18.0 Å². The van der Waals surface area contributed by atoms with E-state index in [1.165, 1.54) is 24.1 Å². The highest BCUT2D eigenvalue weighted by atomic mass is 32.2. The topological polar surface area (TPSA) is 96.0 Å². The Hall–Kier alpha value is -3.85. The highest BCUT2D eigenvalue weighted by Crippen LogP contribution is 2.34. The van der Waals surface area contributed by atoms with E-state index in [9.17, 15) is 18.0 Å². The number of amides is 2. The first-order chi connectivity index (χ1) is 20.0. The summed E-state index contributed by atoms with van der Waals surface area (Å²) in [5.74, 6) is -0.421. The second kappa shape index (κ2) is 13.4. The number of carbonyl (C=O) groups is 2. The van der Waals surface area contributed by atoms with Gasteiger partial charge in [-0.3, -0.25) is 13.9 Å². The van der Waals surface area contributed by atoms with E-state index in [0.29, 0.717) is 5.75 Å². The number of sulfonamides is 1. The Labute approximate surface area is 249 Å². The number of hydrogen-bond acceptors (Lipinski definition) is 5. The highest BCUT2D eigenvalue weighted by Gasteiger charge is 2.34. The van der Waals surface area contributed by atoms with Crippen molar-refractivity contribution < 1.29 is 22.7 Å². The normalized spacial score (nSPS) is 14.3. The van der Waals surface area contributed by atoms with Crippen molar-refractivity contribution >= 4 is 27.5 Å². The van der Waals surface area contributed by atoms with Gasteiger partial charge in [0.15, 0.2) is 0 Å². The minimum Gasteiger partial charge on any atom is -0.495 e. The summed E-state index contributed by atoms with van der Waals surface area (Å²) in [5, 5.41) is 3.10. The lowest BCUT2D eigenvalue weighted by Crippen LogP contribution is -2.52. The van der Waals surface area contributed by atoms with Crippen LogP contribution in [-0.4, -0.2) is 50.9 Å². The number of hydrogen-bond donors (Lipinski definition) is 1. The Kier molecular flexibility index (Phi) is 9.93. The van der Waals surface area contributed by atoms with Crippen molar-refractivity contribution in [2.24, 2.45) is 0 Å². The first-order valence-electron chi connectivity index (χ1n) is 14.4. The second-order valence-electron chi connectivity index (χ2n) is 11.2. The Bertz CT molecular complexity index is 1510. The lowest BCUT2D eigenvalue weighted by Gasteiger charge is -2.33. The summed E-state index contributed by atoms with van der Waals surface area (Å²) in [6.45, 7) is 7.03. The molecule has 4 rings (SSSR count). The molecule has 1 fully saturated rings. The van der Waals surface area contributed by atoms with Gasteiger partial charge in [0.05, 0.1) is 17.7 Å². The van der Waals surface area contributed by atoms with Crippen molar-refractivity contribution in [3.63, 3.8) is 0 Å². The van der Waals surface area contributed by atoms with Gasteiger partial charge in [-0.05, 0) is 75.9 Å². The molecule has 3 aromatic rings. The molecule has 1 aliphatic carbocycles. The van der Waals surface area contributed by atoms with E-state index in [1.54, 1.807) is 31.2 Å². The molecule has 8 nitrogen and oxygen atoms in total. The monoisotopic (exact) mass is 591 g/mol. The molecular weight excluding hydrogens is 550 g/mol. The van der Waals surface area contributed by atoms with Crippen LogP contribution in [0.5, 0.6) is 5.75 Å². The zero-order valence-corrected chi connectivity index (χ0v) is 25.9. The van der Waals surface area contributed by atoms with E-state index in [4.69, 9.17) is 4.74 Å². The summed E-state index contributed by atoms with van der Waals surface area (Å²) in [4.78, 5) is 29.1. The van der Waals surface area contributed by atoms with E-state index in [-0.39, 0.29) is 29.1 Å². The van der Waals surface area contributed by atoms with Crippen LogP contribution in [0.3, 0.4) is 0 Å². The molecule has 0 aliphatic heterocycles. The van der Waals surface area contributed by atoms with E-state index < -0.39 is 28.5 Å². The van der Waals surface area contributed by atoms with E-state index in [1.807, 2.05) is 51.1 Å². The third kappa shape index (κ3) is 7.31. The fourth-order valence-corrected chi connectivity index (χ4v) is 6.74. The SMILES string of the molecule is COc1ccc(C)cc1N(CC(=O)N(Cc1cccc(C)c1)C(C)C(=O)NC1CCCC1)S(=O)(=O)c1ccc(C)cc1. The zero-order valence-electron chi connectivity index (χ0n) is 25.1. The van der Waals surface area contributed by atoms with Gasteiger partial charge in [-0.15, -0.1) is 0 Å². The molecule has 0 spiro atoms. The average molecular weight is 592 g/mol. The average Bonchev–Trinajstić information content (AvgIpc) is 3.47. The number of rotatable bonds is 11. The molecule has 9 heteroatoms. The predicted octanol–water partition coefficient (Wildman–Crippen LogP) is 5.29. The Balaban J connectivity index is 1.74. The number of nitrogens with zero attached hydrogens (tertiary/aromatic N) is 2. The summed E-state index contributed by atoms with van der Waals surface area (Å²) in [5.41, 5.74) is 3.85. The number of benzene rings is 3. The summed E-state index contributed by atoms with van der Waals surface area (Å²) >= 11 is 0. The third-order valence-corrected chi connectivity index (χ3v) is 9.57. The molecule has 1 atom stereocenters. The molecule has 1 N–H and O–H groups in total. The van der Waals surface area contributed by atoms with E-state index in [0.717, 1.165) is 52.2 Å². The Morgan fingerprint density at radius 1 is 0.929 bits per heavy atom. The fraction of sp³-hybridized carbons (Fsp3) is 0.394. The summed E-state index contributed by atoms with van der Waals surface area (Å²) in [7, 11) is -2.72. The van der Waals surface area contributed by atoms with Gasteiger partial charge >= 0.3 is 0 Å². The molecule has 0 aromatic heterocycles. The van der Waals surface area contributed by atoms with Crippen LogP contribution >= 0.6 is 0 Å². The molecule has 42 heavy (non-hydrogen) atoms. The molecule has 224 valence electrons.